The van der Waals surface area contributed by atoms with Gasteiger partial charge in [0.1, 0.15) is 11.4 Å². The topological polar surface area (TPSA) is 114 Å². The fourth-order valence-corrected chi connectivity index (χ4v) is 1.76. The van der Waals surface area contributed by atoms with Crippen LogP contribution in [0.2, 0.25) is 5.15 Å². The van der Waals surface area contributed by atoms with Gasteiger partial charge in [-0.25, -0.2) is 0 Å². The van der Waals surface area contributed by atoms with Crippen molar-refractivity contribution in [1.82, 2.24) is 10.2 Å². The maximum Gasteiger partial charge on any atom is 0.252 e. The van der Waals surface area contributed by atoms with E-state index in [4.69, 9.17) is 21.8 Å². The molecule has 106 valence electrons. The number of halogens is 1. The van der Waals surface area contributed by atoms with Gasteiger partial charge >= 0.3 is 0 Å². The Hall–Kier alpha value is -2.12. The molecule has 0 aliphatic heterocycles. The summed E-state index contributed by atoms with van der Waals surface area (Å²) in [5, 5.41) is 20.5. The van der Waals surface area contributed by atoms with Crippen molar-refractivity contribution in [1.29, 1.82) is 0 Å². The van der Waals surface area contributed by atoms with Gasteiger partial charge in [0.2, 0.25) is 0 Å². The first kappa shape index (κ1) is 14.3. The Balaban J connectivity index is 2.17. The maximum absolute atomic E-state index is 11.3. The van der Waals surface area contributed by atoms with Crippen LogP contribution in [-0.4, -0.2) is 27.8 Å². The smallest absolute Gasteiger partial charge is 0.252 e. The van der Waals surface area contributed by atoms with Crippen LogP contribution in [0, 0.1) is 0 Å². The Morgan fingerprint density at radius 3 is 2.95 bits per heavy atom. The van der Waals surface area contributed by atoms with E-state index < -0.39 is 11.5 Å². The molecule has 0 spiro atoms. The van der Waals surface area contributed by atoms with Crippen LogP contribution in [0.15, 0.2) is 28.9 Å². The van der Waals surface area contributed by atoms with E-state index in [0.717, 1.165) is 0 Å². The number of carbonyl (C=O) groups excluding carboxylic acids is 1. The van der Waals surface area contributed by atoms with Gasteiger partial charge in [-0.1, -0.05) is 11.6 Å². The zero-order valence-electron chi connectivity index (χ0n) is 10.6. The largest absolute Gasteiger partial charge is 0.466 e. The number of rotatable bonds is 5. The highest BCUT2D eigenvalue weighted by Crippen LogP contribution is 2.22. The molecular weight excluding hydrogens is 284 g/mol. The van der Waals surface area contributed by atoms with Gasteiger partial charge < -0.3 is 20.6 Å². The summed E-state index contributed by atoms with van der Waals surface area (Å²) in [6.07, 6.45) is 1.46. The molecular formula is C12H13ClN4O3. The van der Waals surface area contributed by atoms with E-state index in [-0.39, 0.29) is 23.1 Å². The average molecular weight is 297 g/mol. The molecule has 8 heteroatoms. The van der Waals surface area contributed by atoms with Gasteiger partial charge in [0.25, 0.3) is 5.91 Å². The predicted octanol–water partition coefficient (Wildman–Crippen LogP) is 1.14. The Morgan fingerprint density at radius 1 is 1.60 bits per heavy atom. The SMILES string of the molecule is CC(O)(CNc1nnc(Cl)cc1C(N)=O)c1ccco1. The van der Waals surface area contributed by atoms with Gasteiger partial charge in [-0.15, -0.1) is 10.2 Å². The number of hydrogen-bond donors (Lipinski definition) is 3. The lowest BCUT2D eigenvalue weighted by Crippen LogP contribution is -2.31. The molecule has 2 heterocycles. The second kappa shape index (κ2) is 5.48. The van der Waals surface area contributed by atoms with Crippen LogP contribution in [-0.2, 0) is 5.60 Å². The fraction of sp³-hybridized carbons (Fsp3) is 0.250. The Bertz CT molecular complexity index is 613. The van der Waals surface area contributed by atoms with Crippen LogP contribution in [0.25, 0.3) is 0 Å². The van der Waals surface area contributed by atoms with Gasteiger partial charge in [0, 0.05) is 0 Å². The summed E-state index contributed by atoms with van der Waals surface area (Å²) in [6, 6.07) is 4.62. The summed E-state index contributed by atoms with van der Waals surface area (Å²) in [6.45, 7) is 1.61. The predicted molar refractivity (Wildman–Crippen MR) is 72.3 cm³/mol. The summed E-state index contributed by atoms with van der Waals surface area (Å²) in [7, 11) is 0. The number of anilines is 1. The molecule has 20 heavy (non-hydrogen) atoms. The van der Waals surface area contributed by atoms with E-state index in [9.17, 15) is 9.90 Å². The van der Waals surface area contributed by atoms with Gasteiger partial charge in [0.05, 0.1) is 18.4 Å². The summed E-state index contributed by atoms with van der Waals surface area (Å²) >= 11 is 5.66. The molecule has 0 radical (unpaired) electrons. The molecule has 0 saturated carbocycles. The number of aliphatic hydroxyl groups is 1. The molecule has 2 aromatic heterocycles. The van der Waals surface area contributed by atoms with Crippen LogP contribution >= 0.6 is 11.6 Å². The third-order valence-corrected chi connectivity index (χ3v) is 2.87. The van der Waals surface area contributed by atoms with Crippen molar-refractivity contribution in [2.45, 2.75) is 12.5 Å². The number of primary amides is 1. The molecule has 0 aliphatic rings. The number of nitrogens with two attached hydrogens (primary N) is 1. The molecule has 1 amide bonds. The van der Waals surface area contributed by atoms with E-state index in [1.165, 1.54) is 12.3 Å². The minimum Gasteiger partial charge on any atom is -0.466 e. The normalized spacial score (nSPS) is 13.8. The van der Waals surface area contributed by atoms with Crippen molar-refractivity contribution in [3.05, 3.63) is 40.9 Å². The lowest BCUT2D eigenvalue weighted by molar-refractivity contribution is 0.0475. The van der Waals surface area contributed by atoms with Gasteiger partial charge in [0.15, 0.2) is 11.0 Å². The highest BCUT2D eigenvalue weighted by Gasteiger charge is 2.27. The van der Waals surface area contributed by atoms with Crippen LogP contribution in [0.4, 0.5) is 5.82 Å². The summed E-state index contributed by atoms with van der Waals surface area (Å²) in [5.41, 5.74) is 4.05. The van der Waals surface area contributed by atoms with Crippen molar-refractivity contribution in [2.24, 2.45) is 5.73 Å². The quantitative estimate of drug-likeness (QED) is 0.762. The van der Waals surface area contributed by atoms with Crippen LogP contribution < -0.4 is 11.1 Å². The van der Waals surface area contributed by atoms with E-state index in [1.807, 2.05) is 0 Å². The fourth-order valence-electron chi connectivity index (χ4n) is 1.61. The second-order valence-corrected chi connectivity index (χ2v) is 4.79. The van der Waals surface area contributed by atoms with Crippen molar-refractivity contribution >= 4 is 23.3 Å². The minimum atomic E-state index is -1.28. The van der Waals surface area contributed by atoms with Crippen molar-refractivity contribution in [3.63, 3.8) is 0 Å². The third-order valence-electron chi connectivity index (χ3n) is 2.68. The monoisotopic (exact) mass is 296 g/mol. The molecule has 0 aromatic carbocycles. The molecule has 7 nitrogen and oxygen atoms in total. The molecule has 1 unspecified atom stereocenters. The Kier molecular flexibility index (Phi) is 3.91. The highest BCUT2D eigenvalue weighted by molar-refractivity contribution is 6.29. The molecule has 2 rings (SSSR count). The number of nitrogens with one attached hydrogen (secondary N) is 1. The van der Waals surface area contributed by atoms with Gasteiger partial charge in [-0.3, -0.25) is 4.79 Å². The van der Waals surface area contributed by atoms with Crippen molar-refractivity contribution in [3.8, 4) is 0 Å². The molecule has 0 aliphatic carbocycles. The van der Waals surface area contributed by atoms with Crippen LogP contribution in [0.5, 0.6) is 0 Å². The lowest BCUT2D eigenvalue weighted by atomic mass is 10.0. The van der Waals surface area contributed by atoms with Gasteiger partial charge in [-0.05, 0) is 25.1 Å². The van der Waals surface area contributed by atoms with Crippen LogP contribution in [0.3, 0.4) is 0 Å². The van der Waals surface area contributed by atoms with Gasteiger partial charge in [-0.2, -0.15) is 0 Å². The lowest BCUT2D eigenvalue weighted by Gasteiger charge is -2.21. The number of nitrogens with zero attached hydrogens (tertiary/aromatic N) is 2. The summed E-state index contributed by atoms with van der Waals surface area (Å²) < 4.78 is 5.14. The molecule has 4 N–H and O–H groups in total. The highest BCUT2D eigenvalue weighted by atomic mass is 35.5. The van der Waals surface area contributed by atoms with Crippen molar-refractivity contribution < 1.29 is 14.3 Å². The first-order valence-electron chi connectivity index (χ1n) is 5.73. The molecule has 0 fully saturated rings. The average Bonchev–Trinajstić information content (AvgIpc) is 2.91. The summed E-state index contributed by atoms with van der Waals surface area (Å²) in [4.78, 5) is 11.3. The standard InChI is InChI=1S/C12H13ClN4O3/c1-12(19,8-3-2-4-20-8)6-15-11-7(10(14)18)5-9(13)16-17-11/h2-5,19H,6H2,1H3,(H2,14,18)(H,15,17). The molecule has 2 aromatic rings. The molecule has 0 bridgehead atoms. The Labute approximate surface area is 119 Å². The number of carbonyl (C=O) groups is 1. The second-order valence-electron chi connectivity index (χ2n) is 4.40. The minimum absolute atomic E-state index is 0.0527. The van der Waals surface area contributed by atoms with E-state index in [0.29, 0.717) is 5.76 Å². The van der Waals surface area contributed by atoms with E-state index >= 15 is 0 Å². The maximum atomic E-state index is 11.3. The third kappa shape index (κ3) is 3.06. The first-order chi connectivity index (χ1) is 9.40. The molecule has 0 saturated heterocycles. The van der Waals surface area contributed by atoms with Crippen molar-refractivity contribution in [2.75, 3.05) is 11.9 Å². The Morgan fingerprint density at radius 2 is 2.35 bits per heavy atom. The first-order valence-corrected chi connectivity index (χ1v) is 6.11. The molecule has 1 atom stereocenters. The zero-order chi connectivity index (χ0) is 14.8. The number of aromatic nitrogens is 2. The van der Waals surface area contributed by atoms with E-state index in [2.05, 4.69) is 15.5 Å². The zero-order valence-corrected chi connectivity index (χ0v) is 11.4. The number of furan rings is 1. The van der Waals surface area contributed by atoms with E-state index in [1.54, 1.807) is 19.1 Å². The number of amides is 1. The number of hydrogen-bond acceptors (Lipinski definition) is 6. The summed E-state index contributed by atoms with van der Waals surface area (Å²) in [5.74, 6) is -0.164. The van der Waals surface area contributed by atoms with Crippen LogP contribution in [0.1, 0.15) is 23.0 Å².